The van der Waals surface area contributed by atoms with Gasteiger partial charge in [0.2, 0.25) is 0 Å². The van der Waals surface area contributed by atoms with E-state index in [1.165, 1.54) is 43.3 Å². The molecule has 38 heavy (non-hydrogen) atoms. The Labute approximate surface area is 228 Å². The maximum absolute atomic E-state index is 5.78. The van der Waals surface area contributed by atoms with Crippen LogP contribution >= 0.6 is 15.8 Å². The quantitative estimate of drug-likeness (QED) is 0.215. The van der Waals surface area contributed by atoms with E-state index in [0.717, 1.165) is 23.2 Å². The number of benzene rings is 3. The molecule has 0 amide bonds. The molecular formula is C33H36N2OP2. The number of anilines is 1. The zero-order chi connectivity index (χ0) is 26.6. The highest BCUT2D eigenvalue weighted by atomic mass is 31.1. The van der Waals surface area contributed by atoms with E-state index in [2.05, 4.69) is 113 Å². The molecule has 0 fully saturated rings. The summed E-state index contributed by atoms with van der Waals surface area (Å²) in [6.07, 6.45) is 5.45. The van der Waals surface area contributed by atoms with Crippen molar-refractivity contribution in [1.29, 1.82) is 0 Å². The maximum atomic E-state index is 5.78. The minimum Gasteiger partial charge on any atom is -0.497 e. The Bertz CT molecular complexity index is 1600. The molecule has 3 atom stereocenters. The van der Waals surface area contributed by atoms with Crippen molar-refractivity contribution in [2.24, 2.45) is 0 Å². The molecule has 2 bridgehead atoms. The van der Waals surface area contributed by atoms with Gasteiger partial charge in [0, 0.05) is 32.4 Å². The van der Waals surface area contributed by atoms with Crippen LogP contribution in [0.2, 0.25) is 0 Å². The average Bonchev–Trinajstić information content (AvgIpc) is 2.89. The van der Waals surface area contributed by atoms with Gasteiger partial charge in [-0.1, -0.05) is 75.7 Å². The lowest BCUT2D eigenvalue weighted by Gasteiger charge is -2.36. The Balaban J connectivity index is 1.75. The van der Waals surface area contributed by atoms with Crippen molar-refractivity contribution in [1.82, 2.24) is 4.98 Å². The number of rotatable bonds is 3. The third kappa shape index (κ3) is 4.35. The van der Waals surface area contributed by atoms with E-state index in [1.807, 2.05) is 0 Å². The van der Waals surface area contributed by atoms with E-state index in [1.54, 1.807) is 7.11 Å². The summed E-state index contributed by atoms with van der Waals surface area (Å²) in [6, 6.07) is 23.1. The summed E-state index contributed by atoms with van der Waals surface area (Å²) < 4.78 is 5.78. The maximum Gasteiger partial charge on any atom is 0.115 e. The molecule has 0 saturated carbocycles. The van der Waals surface area contributed by atoms with Crippen molar-refractivity contribution in [3.8, 4) is 0 Å². The van der Waals surface area contributed by atoms with Crippen molar-refractivity contribution in [2.75, 3.05) is 12.4 Å². The van der Waals surface area contributed by atoms with E-state index in [0.29, 0.717) is 11.3 Å². The number of nitrogens with zero attached hydrogens (tertiary/aromatic N) is 1. The van der Waals surface area contributed by atoms with Gasteiger partial charge < -0.3 is 10.1 Å². The van der Waals surface area contributed by atoms with Crippen LogP contribution in [-0.2, 0) is 4.74 Å². The number of ether oxygens (including phenoxy) is 1. The molecule has 194 valence electrons. The number of hydrogen-bond acceptors (Lipinski definition) is 3. The molecule has 1 aliphatic carbocycles. The summed E-state index contributed by atoms with van der Waals surface area (Å²) in [5.41, 5.74) is 5.81. The molecule has 3 unspecified atom stereocenters. The summed E-state index contributed by atoms with van der Waals surface area (Å²) in [7, 11) is 0.489. The second-order valence-electron chi connectivity index (χ2n) is 10.9. The van der Waals surface area contributed by atoms with Crippen LogP contribution in [0.3, 0.4) is 0 Å². The smallest absolute Gasteiger partial charge is 0.115 e. The summed E-state index contributed by atoms with van der Waals surface area (Å²) in [5.74, 6) is 0.966. The van der Waals surface area contributed by atoms with Crippen LogP contribution in [-0.4, -0.2) is 29.5 Å². The van der Waals surface area contributed by atoms with Gasteiger partial charge in [-0.3, -0.25) is 0 Å². The molecular weight excluding hydrogens is 502 g/mol. The van der Waals surface area contributed by atoms with Gasteiger partial charge in [-0.15, -0.1) is 0 Å². The van der Waals surface area contributed by atoms with Crippen molar-refractivity contribution in [2.45, 2.75) is 58.4 Å². The first-order valence-corrected chi connectivity index (χ1v) is 16.4. The van der Waals surface area contributed by atoms with Crippen molar-refractivity contribution in [3.05, 3.63) is 89.5 Å². The third-order valence-corrected chi connectivity index (χ3v) is 13.3. The van der Waals surface area contributed by atoms with Gasteiger partial charge in [0.05, 0.1) is 24.2 Å². The number of aryl methyl sites for hydroxylation is 1. The lowest BCUT2D eigenvalue weighted by molar-refractivity contribution is 0.303. The van der Waals surface area contributed by atoms with Gasteiger partial charge in [-0.05, 0) is 76.2 Å². The number of aromatic nitrogens is 1. The second-order valence-corrected chi connectivity index (χ2v) is 16.5. The number of nitrogens with one attached hydrogen (secondary N) is 1. The fourth-order valence-corrected chi connectivity index (χ4v) is 11.6. The largest absolute Gasteiger partial charge is 0.497 e. The van der Waals surface area contributed by atoms with Gasteiger partial charge in [-0.25, -0.2) is 4.98 Å². The predicted octanol–water partition coefficient (Wildman–Crippen LogP) is 7.67. The number of pyridine rings is 1. The van der Waals surface area contributed by atoms with E-state index >= 15 is 0 Å². The highest BCUT2D eigenvalue weighted by Gasteiger charge is 2.32. The highest BCUT2D eigenvalue weighted by molar-refractivity contribution is 7.74. The Morgan fingerprint density at radius 2 is 1.50 bits per heavy atom. The number of hydrogen-bond donors (Lipinski definition) is 1. The van der Waals surface area contributed by atoms with Crippen molar-refractivity contribution < 1.29 is 4.74 Å². The van der Waals surface area contributed by atoms with Crippen LogP contribution in [0.15, 0.2) is 83.9 Å². The normalized spacial score (nSPS) is 21.0. The summed E-state index contributed by atoms with van der Waals surface area (Å²) in [6.45, 7) is 11.7. The van der Waals surface area contributed by atoms with E-state index in [4.69, 9.17) is 9.72 Å². The van der Waals surface area contributed by atoms with Crippen LogP contribution in [0.5, 0.6) is 0 Å². The molecule has 5 heteroatoms. The number of allylic oxidation sites excluding steroid dienone is 1. The fourth-order valence-electron chi connectivity index (χ4n) is 5.97. The molecule has 0 spiro atoms. The Morgan fingerprint density at radius 3 is 2.13 bits per heavy atom. The van der Waals surface area contributed by atoms with E-state index in [-0.39, 0.29) is 6.04 Å². The number of methoxy groups -OCH3 is 1. The molecule has 0 saturated heterocycles. The lowest BCUT2D eigenvalue weighted by atomic mass is 10.1. The van der Waals surface area contributed by atoms with Gasteiger partial charge in [0.15, 0.2) is 0 Å². The minimum absolute atomic E-state index is 0.210. The molecule has 2 heterocycles. The first-order valence-electron chi connectivity index (χ1n) is 13.6. The standard InChI is InChI=1S/C33H36N2OP2/c1-20(2)37-28-11-7-9-23-18-24-10-8-12-29(33(24)35-32(23)28)38(21(3)4)31-19-25(36-6)14-16-27(31)34-26-15-13-22(5)17-30(26)37/h7-15,17-21,27,34H,16H2,1-6H3. The van der Waals surface area contributed by atoms with E-state index in [9.17, 15) is 0 Å². The van der Waals surface area contributed by atoms with Crippen LogP contribution in [0, 0.1) is 6.92 Å². The van der Waals surface area contributed by atoms with Gasteiger partial charge in [0.1, 0.15) is 5.76 Å². The third-order valence-electron chi connectivity index (χ3n) is 7.64. The van der Waals surface area contributed by atoms with Gasteiger partial charge >= 0.3 is 0 Å². The number of para-hydroxylation sites is 2. The minimum atomic E-state index is -0.655. The van der Waals surface area contributed by atoms with Crippen LogP contribution in [0.25, 0.3) is 21.8 Å². The summed E-state index contributed by atoms with van der Waals surface area (Å²) in [4.78, 5) is 5.55. The summed E-state index contributed by atoms with van der Waals surface area (Å²) in [5, 5.41) is 12.2. The van der Waals surface area contributed by atoms with Gasteiger partial charge in [-0.2, -0.15) is 0 Å². The topological polar surface area (TPSA) is 34.1 Å². The lowest BCUT2D eigenvalue weighted by Crippen LogP contribution is -2.31. The van der Waals surface area contributed by atoms with Gasteiger partial charge in [0.25, 0.3) is 0 Å². The molecule has 4 aromatic rings. The molecule has 6 rings (SSSR count). The Morgan fingerprint density at radius 1 is 0.842 bits per heavy atom. The first-order chi connectivity index (χ1) is 18.4. The monoisotopic (exact) mass is 538 g/mol. The SMILES string of the molecule is COC1=CCC2Nc3ccc(C)cc3P(C(C)C)c3cccc4cc5cccc(c5nc34)P(C(C)C)C2=C1. The Hall–Kier alpha value is -2.73. The van der Waals surface area contributed by atoms with Crippen LogP contribution in [0.1, 0.15) is 39.7 Å². The molecule has 2 aliphatic rings. The second kappa shape index (κ2) is 10.1. The van der Waals surface area contributed by atoms with Crippen LogP contribution < -0.4 is 21.2 Å². The van der Waals surface area contributed by atoms with Crippen molar-refractivity contribution in [3.63, 3.8) is 0 Å². The first kappa shape index (κ1) is 25.5. The fraction of sp³-hybridized carbons (Fsp3) is 0.303. The average molecular weight is 539 g/mol. The highest BCUT2D eigenvalue weighted by Crippen LogP contribution is 2.54. The zero-order valence-corrected chi connectivity index (χ0v) is 24.9. The van der Waals surface area contributed by atoms with Crippen LogP contribution in [0.4, 0.5) is 5.69 Å². The summed E-state index contributed by atoms with van der Waals surface area (Å²) >= 11 is 0. The molecule has 1 N–H and O–H groups in total. The predicted molar refractivity (Wildman–Crippen MR) is 169 cm³/mol. The van der Waals surface area contributed by atoms with Crippen molar-refractivity contribution >= 4 is 59.3 Å². The molecule has 1 aromatic heterocycles. The molecule has 3 aromatic carbocycles. The molecule has 1 aliphatic heterocycles. The molecule has 3 nitrogen and oxygen atoms in total. The zero-order valence-electron chi connectivity index (χ0n) is 23.1. The number of fused-ring (bicyclic) bond motifs is 2. The molecule has 0 radical (unpaired) electrons. The van der Waals surface area contributed by atoms with E-state index < -0.39 is 15.8 Å². The Kier molecular flexibility index (Phi) is 6.79.